The van der Waals surface area contributed by atoms with Gasteiger partial charge in [-0.2, -0.15) is 0 Å². The van der Waals surface area contributed by atoms with Gasteiger partial charge in [0.15, 0.2) is 0 Å². The van der Waals surface area contributed by atoms with Gasteiger partial charge in [0, 0.05) is 6.54 Å². The van der Waals surface area contributed by atoms with E-state index < -0.39 is 18.1 Å². The van der Waals surface area contributed by atoms with Crippen LogP contribution in [0.4, 0.5) is 0 Å². The van der Waals surface area contributed by atoms with Gasteiger partial charge in [0.2, 0.25) is 11.8 Å². The van der Waals surface area contributed by atoms with Gasteiger partial charge >= 0.3 is 5.97 Å². The lowest BCUT2D eigenvalue weighted by molar-refractivity contribution is -0.148. The summed E-state index contributed by atoms with van der Waals surface area (Å²) in [4.78, 5) is 38.5. The summed E-state index contributed by atoms with van der Waals surface area (Å²) in [5.41, 5.74) is 0. The van der Waals surface area contributed by atoms with Crippen molar-refractivity contribution in [1.82, 2.24) is 15.5 Å². The first-order chi connectivity index (χ1) is 17.5. The molecule has 0 bridgehead atoms. The van der Waals surface area contributed by atoms with E-state index in [-0.39, 0.29) is 18.2 Å². The van der Waals surface area contributed by atoms with Crippen molar-refractivity contribution in [3.05, 3.63) is 0 Å². The summed E-state index contributed by atoms with van der Waals surface area (Å²) in [6.45, 7) is 9.26. The van der Waals surface area contributed by atoms with E-state index in [4.69, 9.17) is 4.74 Å². The molecule has 1 aliphatic rings. The molecule has 2 atom stereocenters. The first-order valence-corrected chi connectivity index (χ1v) is 15.0. The molecule has 0 aromatic heterocycles. The molecule has 0 aliphatic carbocycles. The van der Waals surface area contributed by atoms with Gasteiger partial charge in [0.05, 0.1) is 6.42 Å². The third-order valence-electron chi connectivity index (χ3n) is 7.08. The molecule has 210 valence electrons. The zero-order valence-corrected chi connectivity index (χ0v) is 23.6. The number of rotatable bonds is 23. The number of hydrogen-bond acceptors (Lipinski definition) is 5. The van der Waals surface area contributed by atoms with E-state index in [1.54, 1.807) is 6.92 Å². The van der Waals surface area contributed by atoms with E-state index in [0.717, 1.165) is 19.6 Å². The quantitative estimate of drug-likeness (QED) is 0.140. The minimum absolute atomic E-state index is 0.125. The summed E-state index contributed by atoms with van der Waals surface area (Å²) in [5, 5.41) is 5.18. The summed E-state index contributed by atoms with van der Waals surface area (Å²) >= 11 is 0. The SMILES string of the molecule is CCCCCCCCCCN(CCCCCCCCCC)CCOC(=O)C[C@@H]1NC(=O)[C@H](C)NC1=O. The Morgan fingerprint density at radius 1 is 0.694 bits per heavy atom. The predicted octanol–water partition coefficient (Wildman–Crippen LogP) is 5.51. The molecule has 0 radical (unpaired) electrons. The van der Waals surface area contributed by atoms with Crippen LogP contribution < -0.4 is 10.6 Å². The number of carbonyl (C=O) groups is 3. The molecule has 7 nitrogen and oxygen atoms in total. The molecular weight excluding hydrogens is 454 g/mol. The van der Waals surface area contributed by atoms with Crippen LogP contribution in [0.2, 0.25) is 0 Å². The lowest BCUT2D eigenvalue weighted by atomic mass is 10.1. The Kier molecular flexibility index (Phi) is 19.3. The van der Waals surface area contributed by atoms with Crippen LogP contribution in [-0.2, 0) is 19.1 Å². The molecule has 0 unspecified atom stereocenters. The van der Waals surface area contributed by atoms with Crippen LogP contribution in [0.5, 0.6) is 0 Å². The third kappa shape index (κ3) is 16.2. The Labute approximate surface area is 220 Å². The summed E-state index contributed by atoms with van der Waals surface area (Å²) in [6.07, 6.45) is 20.7. The summed E-state index contributed by atoms with van der Waals surface area (Å²) in [6, 6.07) is -1.40. The van der Waals surface area contributed by atoms with Crippen LogP contribution in [0, 0.1) is 0 Å². The highest BCUT2D eigenvalue weighted by Gasteiger charge is 2.32. The molecule has 1 fully saturated rings. The fourth-order valence-corrected chi connectivity index (χ4v) is 4.67. The molecule has 7 heteroatoms. The van der Waals surface area contributed by atoms with Crippen LogP contribution in [-0.4, -0.2) is 61.0 Å². The van der Waals surface area contributed by atoms with Crippen LogP contribution in [0.25, 0.3) is 0 Å². The normalized spacial score (nSPS) is 17.8. The largest absolute Gasteiger partial charge is 0.464 e. The number of ether oxygens (including phenoxy) is 1. The molecule has 0 spiro atoms. The van der Waals surface area contributed by atoms with Crippen molar-refractivity contribution in [3.8, 4) is 0 Å². The number of piperazine rings is 1. The summed E-state index contributed by atoms with van der Waals surface area (Å²) in [5.74, 6) is -1.04. The van der Waals surface area contributed by atoms with Crippen molar-refractivity contribution in [2.24, 2.45) is 0 Å². The van der Waals surface area contributed by atoms with Gasteiger partial charge < -0.3 is 15.4 Å². The Bertz CT molecular complexity index is 579. The highest BCUT2D eigenvalue weighted by atomic mass is 16.5. The number of unbranched alkanes of at least 4 members (excludes halogenated alkanes) is 14. The van der Waals surface area contributed by atoms with Gasteiger partial charge in [-0.25, -0.2) is 0 Å². The van der Waals surface area contributed by atoms with E-state index in [9.17, 15) is 14.4 Å². The maximum Gasteiger partial charge on any atom is 0.308 e. The Morgan fingerprint density at radius 2 is 1.17 bits per heavy atom. The maximum absolute atomic E-state index is 12.3. The van der Waals surface area contributed by atoms with Crippen molar-refractivity contribution >= 4 is 17.8 Å². The average molecular weight is 510 g/mol. The fourth-order valence-electron chi connectivity index (χ4n) is 4.67. The number of esters is 1. The average Bonchev–Trinajstić information content (AvgIpc) is 2.85. The zero-order valence-electron chi connectivity index (χ0n) is 23.6. The third-order valence-corrected chi connectivity index (χ3v) is 7.08. The van der Waals surface area contributed by atoms with Gasteiger partial charge in [-0.1, -0.05) is 104 Å². The molecule has 0 aromatic carbocycles. The maximum atomic E-state index is 12.3. The smallest absolute Gasteiger partial charge is 0.308 e. The van der Waals surface area contributed by atoms with E-state index in [1.807, 2.05) is 0 Å². The van der Waals surface area contributed by atoms with E-state index >= 15 is 0 Å². The van der Waals surface area contributed by atoms with Crippen molar-refractivity contribution in [1.29, 1.82) is 0 Å². The molecule has 1 rings (SSSR count). The van der Waals surface area contributed by atoms with Gasteiger partial charge in [-0.15, -0.1) is 0 Å². The van der Waals surface area contributed by atoms with Crippen LogP contribution in [0.3, 0.4) is 0 Å². The van der Waals surface area contributed by atoms with Crippen LogP contribution in [0.15, 0.2) is 0 Å². The first kappa shape index (κ1) is 32.4. The predicted molar refractivity (Wildman–Crippen MR) is 147 cm³/mol. The Hall–Kier alpha value is -1.63. The second-order valence-electron chi connectivity index (χ2n) is 10.5. The monoisotopic (exact) mass is 509 g/mol. The number of amides is 2. The highest BCUT2D eigenvalue weighted by Crippen LogP contribution is 2.11. The van der Waals surface area contributed by atoms with Gasteiger partial charge in [0.25, 0.3) is 0 Å². The molecule has 36 heavy (non-hydrogen) atoms. The van der Waals surface area contributed by atoms with E-state index in [1.165, 1.54) is 103 Å². The topological polar surface area (TPSA) is 87.7 Å². The second kappa shape index (κ2) is 21.5. The lowest BCUT2D eigenvalue weighted by Gasteiger charge is -2.27. The molecular formula is C29H55N3O4. The van der Waals surface area contributed by atoms with Crippen LogP contribution in [0.1, 0.15) is 130 Å². The van der Waals surface area contributed by atoms with E-state index in [0.29, 0.717) is 6.61 Å². The minimum Gasteiger partial charge on any atom is -0.464 e. The minimum atomic E-state index is -0.841. The van der Waals surface area contributed by atoms with Gasteiger partial charge in [-0.3, -0.25) is 19.3 Å². The Balaban J connectivity index is 2.30. The van der Waals surface area contributed by atoms with Crippen molar-refractivity contribution in [3.63, 3.8) is 0 Å². The molecule has 0 aromatic rings. The molecule has 0 saturated carbocycles. The zero-order chi connectivity index (χ0) is 26.4. The standard InChI is InChI=1S/C29H55N3O4/c1-4-6-8-10-12-14-16-18-20-32(21-19-17-15-13-11-9-7-5-2)22-23-36-27(33)24-26-29(35)30-25(3)28(34)31-26/h25-26H,4-24H2,1-3H3,(H,30,35)(H,31,34)/t25-,26-/m0/s1. The van der Waals surface area contributed by atoms with Crippen LogP contribution >= 0.6 is 0 Å². The second-order valence-corrected chi connectivity index (χ2v) is 10.5. The van der Waals surface area contributed by atoms with Gasteiger partial charge in [0.1, 0.15) is 18.7 Å². The number of hydrogen-bond donors (Lipinski definition) is 2. The summed E-state index contributed by atoms with van der Waals surface area (Å²) in [7, 11) is 0. The molecule has 2 N–H and O–H groups in total. The highest BCUT2D eigenvalue weighted by molar-refractivity contribution is 5.98. The molecule has 1 heterocycles. The fraction of sp³-hybridized carbons (Fsp3) is 0.897. The van der Waals surface area contributed by atoms with Crippen molar-refractivity contribution < 1.29 is 19.1 Å². The van der Waals surface area contributed by atoms with Crippen molar-refractivity contribution in [2.75, 3.05) is 26.2 Å². The first-order valence-electron chi connectivity index (χ1n) is 15.0. The Morgan fingerprint density at radius 3 is 1.67 bits per heavy atom. The lowest BCUT2D eigenvalue weighted by Crippen LogP contribution is -2.61. The molecule has 1 saturated heterocycles. The summed E-state index contributed by atoms with van der Waals surface area (Å²) < 4.78 is 5.44. The molecule has 2 amide bonds. The van der Waals surface area contributed by atoms with E-state index in [2.05, 4.69) is 29.4 Å². The number of nitrogens with zero attached hydrogens (tertiary/aromatic N) is 1. The molecule has 1 aliphatic heterocycles. The number of carbonyl (C=O) groups excluding carboxylic acids is 3. The number of nitrogens with one attached hydrogen (secondary N) is 2. The van der Waals surface area contributed by atoms with Crippen molar-refractivity contribution in [2.45, 2.75) is 142 Å². The van der Waals surface area contributed by atoms with Gasteiger partial charge in [-0.05, 0) is 32.9 Å².